The molecule has 0 spiro atoms. The lowest BCUT2D eigenvalue weighted by Gasteiger charge is -2.18. The minimum Gasteiger partial charge on any atom is -0.310 e. The number of nitrogens with one attached hydrogen (secondary N) is 1. The van der Waals surface area contributed by atoms with Gasteiger partial charge in [0.25, 0.3) is 0 Å². The summed E-state index contributed by atoms with van der Waals surface area (Å²) >= 11 is 0. The molecule has 0 saturated carbocycles. The van der Waals surface area contributed by atoms with Crippen molar-refractivity contribution < 1.29 is 0 Å². The molecule has 0 fully saturated rings. The molecule has 24 heavy (non-hydrogen) atoms. The number of hydrogen-bond donors (Lipinski definition) is 1. The molecule has 1 nitrogen and oxygen atoms in total. The monoisotopic (exact) mass is 329 g/mol. The highest BCUT2D eigenvalue weighted by Gasteiger charge is 2.10. The molecule has 0 heterocycles. The molecule has 0 aromatic heterocycles. The molecular weight excluding hydrogens is 290 g/mol. The molecule has 1 heteroatoms. The van der Waals surface area contributed by atoms with Crippen LogP contribution in [-0.2, 0) is 12.8 Å². The van der Waals surface area contributed by atoms with E-state index in [1.54, 1.807) is 11.1 Å². The van der Waals surface area contributed by atoms with Crippen LogP contribution in [0.3, 0.4) is 0 Å². The quantitative estimate of drug-likeness (QED) is 0.440. The van der Waals surface area contributed by atoms with Gasteiger partial charge in [0.05, 0.1) is 0 Å². The Hall–Kier alpha value is -1.37. The van der Waals surface area contributed by atoms with Gasteiger partial charge in [0.2, 0.25) is 0 Å². The number of fused-ring (bicyclic) bond motifs is 1. The predicted octanol–water partition coefficient (Wildman–Crippen LogP) is 7.39. The molecule has 0 unspecified atom stereocenters. The normalized spacial score (nSPS) is 12.7. The average Bonchev–Trinajstić information content (AvgIpc) is 2.57. The van der Waals surface area contributed by atoms with Crippen molar-refractivity contribution in [2.75, 3.05) is 0 Å². The second-order valence-electron chi connectivity index (χ2n) is 7.19. The second kappa shape index (κ2) is 13.0. The van der Waals surface area contributed by atoms with Gasteiger partial charge in [-0.25, -0.2) is 0 Å². The van der Waals surface area contributed by atoms with Gasteiger partial charge < -0.3 is 5.41 Å². The van der Waals surface area contributed by atoms with Crippen LogP contribution < -0.4 is 0 Å². The zero-order valence-electron chi connectivity index (χ0n) is 17.1. The Morgan fingerprint density at radius 3 is 1.62 bits per heavy atom. The first-order chi connectivity index (χ1) is 11.3. The van der Waals surface area contributed by atoms with Gasteiger partial charge in [0.1, 0.15) is 0 Å². The van der Waals surface area contributed by atoms with Crippen LogP contribution in [0.4, 0.5) is 0 Å². The van der Waals surface area contributed by atoms with Crippen LogP contribution in [0.2, 0.25) is 0 Å². The van der Waals surface area contributed by atoms with Gasteiger partial charge in [-0.1, -0.05) is 82.9 Å². The fraction of sp³-hybridized carbons (Fsp3) is 0.609. The molecule has 2 rings (SSSR count). The van der Waals surface area contributed by atoms with Gasteiger partial charge in [-0.2, -0.15) is 0 Å². The third kappa shape index (κ3) is 9.70. The van der Waals surface area contributed by atoms with Crippen molar-refractivity contribution in [3.8, 4) is 0 Å². The first-order valence-corrected chi connectivity index (χ1v) is 9.63. The van der Waals surface area contributed by atoms with Gasteiger partial charge in [-0.3, -0.25) is 0 Å². The van der Waals surface area contributed by atoms with Crippen molar-refractivity contribution >= 4 is 5.71 Å². The third-order valence-corrected chi connectivity index (χ3v) is 4.55. The maximum atomic E-state index is 7.14. The molecule has 1 aliphatic carbocycles. The minimum absolute atomic E-state index is 0.877. The zero-order valence-corrected chi connectivity index (χ0v) is 17.1. The highest BCUT2D eigenvalue weighted by Crippen LogP contribution is 2.24. The smallest absolute Gasteiger partial charge is 0.00863 e. The summed E-state index contributed by atoms with van der Waals surface area (Å²) in [4.78, 5) is 0. The summed E-state index contributed by atoms with van der Waals surface area (Å²) in [6.45, 7) is 15.3. The van der Waals surface area contributed by atoms with Crippen LogP contribution >= 0.6 is 0 Å². The Labute approximate surface area is 151 Å². The molecule has 1 aromatic carbocycles. The minimum atomic E-state index is 0.877. The molecule has 1 aliphatic rings. The van der Waals surface area contributed by atoms with E-state index in [0.29, 0.717) is 0 Å². The highest BCUT2D eigenvalue weighted by atomic mass is 14.4. The Morgan fingerprint density at radius 2 is 1.38 bits per heavy atom. The van der Waals surface area contributed by atoms with Gasteiger partial charge in [0, 0.05) is 5.71 Å². The number of rotatable bonds is 4. The Morgan fingerprint density at radius 1 is 0.958 bits per heavy atom. The molecular formula is C23H39N. The molecule has 1 aromatic rings. The van der Waals surface area contributed by atoms with E-state index in [1.807, 2.05) is 6.92 Å². The van der Waals surface area contributed by atoms with Crippen molar-refractivity contribution in [2.24, 2.45) is 5.92 Å². The molecule has 0 bridgehead atoms. The topological polar surface area (TPSA) is 23.9 Å². The molecule has 0 radical (unpaired) electrons. The maximum Gasteiger partial charge on any atom is 0.00863 e. The standard InChI is InChI=1S/C12H14.C6H13N.C5H12/c1-9-7-11-5-3-4-6-12(11)8-10(9)2;1-3-5-6(7)4-2;1-4-5(2)3/h3-6H,7-8H2,1-2H3;7H,3-5H2,1-2H3;5H,4H2,1-3H3. The lowest BCUT2D eigenvalue weighted by molar-refractivity contribution is 0.626. The van der Waals surface area contributed by atoms with E-state index in [0.717, 1.165) is 43.7 Å². The number of hydrogen-bond acceptors (Lipinski definition) is 1. The lowest BCUT2D eigenvalue weighted by atomic mass is 9.88. The molecule has 0 aliphatic heterocycles. The van der Waals surface area contributed by atoms with E-state index in [1.165, 1.54) is 17.5 Å². The van der Waals surface area contributed by atoms with E-state index in [-0.39, 0.29) is 0 Å². The van der Waals surface area contributed by atoms with Crippen molar-refractivity contribution in [1.29, 1.82) is 5.41 Å². The van der Waals surface area contributed by atoms with E-state index < -0.39 is 0 Å². The second-order valence-corrected chi connectivity index (χ2v) is 7.19. The molecule has 0 saturated heterocycles. The van der Waals surface area contributed by atoms with Crippen molar-refractivity contribution in [3.05, 3.63) is 46.5 Å². The lowest BCUT2D eigenvalue weighted by Crippen LogP contribution is -2.04. The van der Waals surface area contributed by atoms with Gasteiger partial charge in [-0.05, 0) is 56.6 Å². The van der Waals surface area contributed by atoms with Crippen LogP contribution in [0.1, 0.15) is 85.3 Å². The summed E-state index contributed by atoms with van der Waals surface area (Å²) in [5.41, 5.74) is 7.01. The van der Waals surface area contributed by atoms with Gasteiger partial charge in [0.15, 0.2) is 0 Å². The first kappa shape index (κ1) is 22.6. The van der Waals surface area contributed by atoms with E-state index in [4.69, 9.17) is 5.41 Å². The van der Waals surface area contributed by atoms with E-state index in [9.17, 15) is 0 Å². The largest absolute Gasteiger partial charge is 0.310 e. The third-order valence-electron chi connectivity index (χ3n) is 4.55. The number of benzene rings is 1. The van der Waals surface area contributed by atoms with Crippen LogP contribution in [-0.4, -0.2) is 5.71 Å². The fourth-order valence-corrected chi connectivity index (χ4v) is 2.25. The highest BCUT2D eigenvalue weighted by molar-refractivity contribution is 5.80. The zero-order chi connectivity index (χ0) is 18.5. The first-order valence-electron chi connectivity index (χ1n) is 9.63. The summed E-state index contributed by atoms with van der Waals surface area (Å²) in [6, 6.07) is 8.75. The SMILES string of the molecule is CC1=C(C)Cc2ccccc2C1.CCC(C)C.CCCC(=N)CC. The Bertz CT molecular complexity index is 476. The molecule has 136 valence electrons. The Balaban J connectivity index is 0.000000379. The molecule has 1 N–H and O–H groups in total. The van der Waals surface area contributed by atoms with Crippen molar-refractivity contribution in [1.82, 2.24) is 0 Å². The molecule has 0 amide bonds. The summed E-state index contributed by atoms with van der Waals surface area (Å²) in [5, 5.41) is 7.14. The average molecular weight is 330 g/mol. The predicted molar refractivity (Wildman–Crippen MR) is 110 cm³/mol. The van der Waals surface area contributed by atoms with Crippen LogP contribution in [0.15, 0.2) is 35.4 Å². The maximum absolute atomic E-state index is 7.14. The molecule has 0 atom stereocenters. The van der Waals surface area contributed by atoms with Gasteiger partial charge in [-0.15, -0.1) is 0 Å². The van der Waals surface area contributed by atoms with Crippen LogP contribution in [0.25, 0.3) is 0 Å². The van der Waals surface area contributed by atoms with Crippen molar-refractivity contribution in [2.45, 2.75) is 87.0 Å². The summed E-state index contributed by atoms with van der Waals surface area (Å²) in [5.74, 6) is 0.884. The van der Waals surface area contributed by atoms with E-state index in [2.05, 4.69) is 65.8 Å². The summed E-state index contributed by atoms with van der Waals surface area (Å²) < 4.78 is 0. The van der Waals surface area contributed by atoms with Crippen LogP contribution in [0, 0.1) is 11.3 Å². The van der Waals surface area contributed by atoms with Gasteiger partial charge >= 0.3 is 0 Å². The summed E-state index contributed by atoms with van der Waals surface area (Å²) in [7, 11) is 0. The summed E-state index contributed by atoms with van der Waals surface area (Å²) in [6.07, 6.45) is 6.64. The Kier molecular flexibility index (Phi) is 12.2. The number of allylic oxidation sites excluding steroid dienone is 2. The fourth-order valence-electron chi connectivity index (χ4n) is 2.25. The van der Waals surface area contributed by atoms with E-state index >= 15 is 0 Å². The van der Waals surface area contributed by atoms with Crippen LogP contribution in [0.5, 0.6) is 0 Å². The van der Waals surface area contributed by atoms with Crippen molar-refractivity contribution in [3.63, 3.8) is 0 Å².